The molecule has 3 fully saturated rings. The molecule has 4 unspecified atom stereocenters. The predicted molar refractivity (Wildman–Crippen MR) is 45.1 cm³/mol. The Kier molecular flexibility index (Phi) is 2.54. The fourth-order valence-electron chi connectivity index (χ4n) is 3.60. The Morgan fingerprint density at radius 3 is 1.16 bits per heavy atom. The van der Waals surface area contributed by atoms with E-state index in [0.29, 0.717) is 0 Å². The van der Waals surface area contributed by atoms with Crippen LogP contribution < -0.4 is 0 Å². The molecule has 4 atom stereocenters. The van der Waals surface area contributed by atoms with E-state index in [1.165, 1.54) is 0 Å². The van der Waals surface area contributed by atoms with Gasteiger partial charge in [-0.05, 0) is 0 Å². The maximum absolute atomic E-state index is 14.2. The van der Waals surface area contributed by atoms with Gasteiger partial charge in [0.15, 0.2) is 0 Å². The molecule has 1 nitrogen and oxygen atoms in total. The second-order valence-electron chi connectivity index (χ2n) is 5.83. The molecule has 0 aromatic heterocycles. The van der Waals surface area contributed by atoms with Gasteiger partial charge in [0, 0.05) is 0 Å². The molecule has 0 heterocycles. The highest BCUT2D eigenvalue weighted by Crippen LogP contribution is 2.85. The molecule has 25 heavy (non-hydrogen) atoms. The second-order valence-corrected chi connectivity index (χ2v) is 5.83. The van der Waals surface area contributed by atoms with Crippen LogP contribution in [-0.2, 0) is 4.79 Å². The van der Waals surface area contributed by atoms with Gasteiger partial charge in [-0.3, -0.25) is 4.79 Å². The number of carbonyl (C=O) groups is 1. The van der Waals surface area contributed by atoms with Crippen LogP contribution in [-0.4, -0.2) is 58.1 Å². The van der Waals surface area contributed by atoms with Crippen LogP contribution in [0.3, 0.4) is 0 Å². The third-order valence-electron chi connectivity index (χ3n) is 4.96. The summed E-state index contributed by atoms with van der Waals surface area (Å²) in [6, 6.07) is 0. The number of carbonyl (C=O) groups excluding carboxylic acids is 1. The van der Waals surface area contributed by atoms with Gasteiger partial charge < -0.3 is 0 Å². The van der Waals surface area contributed by atoms with Crippen molar-refractivity contribution in [3.8, 4) is 0 Å². The number of ketones is 1. The number of halogens is 14. The van der Waals surface area contributed by atoms with Gasteiger partial charge in [0.05, 0.1) is 0 Å². The van der Waals surface area contributed by atoms with E-state index in [9.17, 15) is 66.3 Å². The van der Waals surface area contributed by atoms with E-state index < -0.39 is 58.1 Å². The summed E-state index contributed by atoms with van der Waals surface area (Å²) in [5.74, 6) is -42.4. The summed E-state index contributed by atoms with van der Waals surface area (Å²) in [7, 11) is 0. The summed E-state index contributed by atoms with van der Waals surface area (Å²) >= 11 is 0. The molecule has 0 saturated heterocycles. The molecule has 15 heteroatoms. The number of rotatable bonds is 0. The zero-order valence-electron chi connectivity index (χ0n) is 10.7. The fourth-order valence-corrected chi connectivity index (χ4v) is 3.60. The van der Waals surface area contributed by atoms with E-state index >= 15 is 0 Å². The van der Waals surface area contributed by atoms with Crippen molar-refractivity contribution in [3.63, 3.8) is 0 Å². The van der Waals surface area contributed by atoms with Crippen molar-refractivity contribution >= 4 is 5.78 Å². The largest absolute Gasteiger partial charge is 0.360 e. The molecular weight excluding hydrogens is 402 g/mol. The first-order valence-corrected chi connectivity index (χ1v) is 5.85. The zero-order chi connectivity index (χ0) is 20.1. The highest BCUT2D eigenvalue weighted by molar-refractivity contribution is 6.04. The van der Waals surface area contributed by atoms with E-state index in [0.717, 1.165) is 0 Å². The Bertz CT molecular complexity index is 714. The topological polar surface area (TPSA) is 17.1 Å². The number of fused-ring (bicyclic) bond motifs is 2. The summed E-state index contributed by atoms with van der Waals surface area (Å²) in [6.45, 7) is 0. The Labute approximate surface area is 125 Å². The quantitative estimate of drug-likeness (QED) is 0.566. The molecule has 0 aromatic carbocycles. The van der Waals surface area contributed by atoms with Crippen molar-refractivity contribution in [1.29, 1.82) is 0 Å². The predicted octanol–water partition coefficient (Wildman–Crippen LogP) is 3.61. The average Bonchev–Trinajstić information content (AvgIpc) is 2.51. The van der Waals surface area contributed by atoms with Gasteiger partial charge in [0.1, 0.15) is 0 Å². The summed E-state index contributed by atoms with van der Waals surface area (Å²) in [5, 5.41) is 0. The summed E-state index contributed by atoms with van der Waals surface area (Å²) in [6.07, 6.45) is 0. The summed E-state index contributed by atoms with van der Waals surface area (Å²) in [5.41, 5.74) is -29.3. The molecule has 3 saturated carbocycles. The molecule has 0 aromatic rings. The smallest absolute Gasteiger partial charge is 0.291 e. The molecule has 3 bridgehead atoms. The van der Waals surface area contributed by atoms with Crippen molar-refractivity contribution in [2.75, 3.05) is 0 Å². The van der Waals surface area contributed by atoms with Gasteiger partial charge in [0.2, 0.25) is 5.78 Å². The van der Waals surface area contributed by atoms with E-state index in [1.54, 1.807) is 0 Å². The molecule has 3 aliphatic rings. The van der Waals surface area contributed by atoms with Gasteiger partial charge >= 0.3 is 41.0 Å². The maximum Gasteiger partial charge on any atom is 0.360 e. The third-order valence-corrected chi connectivity index (χ3v) is 4.96. The molecule has 144 valence electrons. The monoisotopic (exact) mass is 402 g/mol. The lowest BCUT2D eigenvalue weighted by molar-refractivity contribution is -0.407. The van der Waals surface area contributed by atoms with Gasteiger partial charge in [0.25, 0.3) is 11.3 Å². The van der Waals surface area contributed by atoms with Crippen LogP contribution in [0.2, 0.25) is 0 Å². The SMILES string of the molecule is O=C1C2(F)C(F)(F)C(F)(F)C3(F)C(F)(F)C(F)(C2(F)F)C(F)(F)C13F. The first-order valence-electron chi connectivity index (χ1n) is 5.85. The molecular formula is C10F14O. The minimum absolute atomic E-state index is 4.64. The summed E-state index contributed by atoms with van der Waals surface area (Å²) < 4.78 is 192. The number of hydrogen-bond acceptors (Lipinski definition) is 1. The van der Waals surface area contributed by atoms with E-state index in [1.807, 2.05) is 0 Å². The highest BCUT2D eigenvalue weighted by Gasteiger charge is 3.20. The van der Waals surface area contributed by atoms with Crippen molar-refractivity contribution in [2.24, 2.45) is 0 Å². The standard InChI is InChI=1S/C10F14O/c11-2-1(25)3(12)7(17,18)5(14,6(2,15)16)9(21,22)4(2,13)10(23,24)8(3,19)20. The lowest BCUT2D eigenvalue weighted by Crippen LogP contribution is -2.90. The van der Waals surface area contributed by atoms with Crippen molar-refractivity contribution < 1.29 is 66.3 Å². The van der Waals surface area contributed by atoms with Crippen molar-refractivity contribution in [2.45, 2.75) is 52.3 Å². The highest BCUT2D eigenvalue weighted by atomic mass is 19.3. The van der Waals surface area contributed by atoms with Crippen LogP contribution in [0.1, 0.15) is 0 Å². The molecule has 3 aliphatic carbocycles. The van der Waals surface area contributed by atoms with Crippen molar-refractivity contribution in [1.82, 2.24) is 0 Å². The Morgan fingerprint density at radius 1 is 0.400 bits per heavy atom. The zero-order valence-corrected chi connectivity index (χ0v) is 10.7. The molecule has 3 rings (SSSR count). The molecule has 0 N–H and O–H groups in total. The van der Waals surface area contributed by atoms with Gasteiger partial charge in [-0.25, -0.2) is 17.6 Å². The van der Waals surface area contributed by atoms with Crippen LogP contribution in [0.4, 0.5) is 61.5 Å². The number of hydrogen-bond donors (Lipinski definition) is 0. The second kappa shape index (κ2) is 3.44. The first-order chi connectivity index (χ1) is 10.7. The molecule has 0 amide bonds. The lowest BCUT2D eigenvalue weighted by Gasteiger charge is -2.55. The van der Waals surface area contributed by atoms with Crippen LogP contribution in [0.5, 0.6) is 0 Å². The Morgan fingerprint density at radius 2 is 0.760 bits per heavy atom. The van der Waals surface area contributed by atoms with Crippen LogP contribution in [0.25, 0.3) is 0 Å². The third kappa shape index (κ3) is 0.958. The van der Waals surface area contributed by atoms with Gasteiger partial charge in [-0.1, -0.05) is 0 Å². The summed E-state index contributed by atoms with van der Waals surface area (Å²) in [4.78, 5) is 11.2. The normalized spacial score (nSPS) is 53.1. The molecule has 0 aliphatic heterocycles. The minimum atomic E-state index is -7.67. The first kappa shape index (κ1) is 18.5. The maximum atomic E-state index is 14.2. The van der Waals surface area contributed by atoms with Crippen LogP contribution in [0.15, 0.2) is 0 Å². The Balaban J connectivity index is 2.71. The van der Waals surface area contributed by atoms with Gasteiger partial charge in [-0.15, -0.1) is 0 Å². The minimum Gasteiger partial charge on any atom is -0.291 e. The van der Waals surface area contributed by atoms with Crippen LogP contribution >= 0.6 is 0 Å². The lowest BCUT2D eigenvalue weighted by atomic mass is 9.58. The van der Waals surface area contributed by atoms with Crippen molar-refractivity contribution in [3.05, 3.63) is 0 Å². The fraction of sp³-hybridized carbons (Fsp3) is 0.900. The van der Waals surface area contributed by atoms with E-state index in [-0.39, 0.29) is 0 Å². The van der Waals surface area contributed by atoms with Crippen LogP contribution in [0, 0.1) is 0 Å². The van der Waals surface area contributed by atoms with E-state index in [4.69, 9.17) is 0 Å². The number of Topliss-reactive ketones (excluding diaryl/α,β-unsaturated/α-hetero) is 1. The Hall–Kier alpha value is -1.31. The number of alkyl halides is 14. The van der Waals surface area contributed by atoms with Gasteiger partial charge in [-0.2, -0.15) is 43.9 Å². The molecule has 0 spiro atoms. The average molecular weight is 402 g/mol. The van der Waals surface area contributed by atoms with E-state index in [2.05, 4.69) is 0 Å². The molecule has 0 radical (unpaired) electrons.